The first kappa shape index (κ1) is 18.7. The van der Waals surface area contributed by atoms with Gasteiger partial charge in [0, 0.05) is 0 Å². The fraction of sp³-hybridized carbons (Fsp3) is 0.826. The zero-order chi connectivity index (χ0) is 18.9. The lowest BCUT2D eigenvalue weighted by Crippen LogP contribution is -2.45. The molecule has 26 heavy (non-hydrogen) atoms. The van der Waals surface area contributed by atoms with Crippen molar-refractivity contribution in [2.75, 3.05) is 6.61 Å². The molecule has 0 amide bonds. The van der Waals surface area contributed by atoms with E-state index in [0.717, 1.165) is 19.3 Å². The van der Waals surface area contributed by atoms with Crippen LogP contribution in [0.15, 0.2) is 22.8 Å². The van der Waals surface area contributed by atoms with Gasteiger partial charge in [-0.2, -0.15) is 0 Å². The first-order valence-corrected chi connectivity index (χ1v) is 10.5. The van der Waals surface area contributed by atoms with Crippen LogP contribution in [-0.4, -0.2) is 29.7 Å². The molecule has 3 heteroatoms. The van der Waals surface area contributed by atoms with E-state index < -0.39 is 5.79 Å². The van der Waals surface area contributed by atoms with E-state index in [2.05, 4.69) is 33.8 Å². The van der Waals surface area contributed by atoms with Crippen LogP contribution in [-0.2, 0) is 9.47 Å². The van der Waals surface area contributed by atoms with E-state index in [0.29, 0.717) is 18.4 Å². The second-order valence-corrected chi connectivity index (χ2v) is 10.5. The Morgan fingerprint density at radius 3 is 2.54 bits per heavy atom. The van der Waals surface area contributed by atoms with Crippen molar-refractivity contribution in [1.29, 1.82) is 0 Å². The number of rotatable bonds is 1. The van der Waals surface area contributed by atoms with Gasteiger partial charge in [-0.1, -0.05) is 33.8 Å². The quantitative estimate of drug-likeness (QED) is 0.715. The van der Waals surface area contributed by atoms with Gasteiger partial charge in [-0.15, -0.1) is 0 Å². The second kappa shape index (κ2) is 5.93. The summed E-state index contributed by atoms with van der Waals surface area (Å²) in [6.07, 6.45) is 7.76. The van der Waals surface area contributed by atoms with Crippen LogP contribution in [0.3, 0.4) is 0 Å². The first-order valence-electron chi connectivity index (χ1n) is 10.5. The molecule has 0 aromatic rings. The maximum Gasteiger partial charge on any atom is 0.163 e. The Labute approximate surface area is 158 Å². The lowest BCUT2D eigenvalue weighted by Gasteiger charge is -2.46. The van der Waals surface area contributed by atoms with Gasteiger partial charge in [-0.25, -0.2) is 0 Å². The second-order valence-electron chi connectivity index (χ2n) is 10.5. The highest BCUT2D eigenvalue weighted by molar-refractivity contribution is 5.44. The molecule has 0 aromatic carbocycles. The maximum absolute atomic E-state index is 10.9. The molecule has 4 aliphatic rings. The normalized spacial score (nSPS) is 44.9. The molecule has 0 spiro atoms. The largest absolute Gasteiger partial charge is 0.389 e. The maximum atomic E-state index is 10.9. The first-order chi connectivity index (χ1) is 12.1. The summed E-state index contributed by atoms with van der Waals surface area (Å²) in [5.41, 5.74) is 4.31. The molecule has 1 saturated heterocycles. The minimum Gasteiger partial charge on any atom is -0.389 e. The summed E-state index contributed by atoms with van der Waals surface area (Å²) in [4.78, 5) is 0. The predicted octanol–water partition coefficient (Wildman–Crippen LogP) is 5.00. The summed E-state index contributed by atoms with van der Waals surface area (Å²) in [6, 6.07) is 0. The van der Waals surface area contributed by atoms with Crippen LogP contribution in [0.5, 0.6) is 0 Å². The molecule has 2 fully saturated rings. The van der Waals surface area contributed by atoms with Crippen molar-refractivity contribution in [3.8, 4) is 0 Å². The molecule has 1 saturated carbocycles. The molecule has 0 unspecified atom stereocenters. The van der Waals surface area contributed by atoms with E-state index in [4.69, 9.17) is 9.47 Å². The van der Waals surface area contributed by atoms with Gasteiger partial charge in [0.25, 0.3) is 0 Å². The van der Waals surface area contributed by atoms with Crippen molar-refractivity contribution in [3.05, 3.63) is 22.8 Å². The Balaban J connectivity index is 1.81. The molecule has 5 atom stereocenters. The Kier molecular flexibility index (Phi) is 4.26. The standard InChI is InChI=1S/C23H36O3/c1-14(2)16-12-19(24)18-11-17-15-13-25-21(3,4)26-20(15)7-8-22(17,5)9-10-23(16,18)6/h11,14,16,19-20,24H,7-10,12-13H2,1-6H3/t16-,19+,20-,22+,23-/m1/s1. The smallest absolute Gasteiger partial charge is 0.163 e. The molecule has 4 rings (SSSR count). The molecule has 3 nitrogen and oxygen atoms in total. The summed E-state index contributed by atoms with van der Waals surface area (Å²) >= 11 is 0. The number of aliphatic hydroxyl groups excluding tert-OH is 1. The summed E-state index contributed by atoms with van der Waals surface area (Å²) < 4.78 is 12.3. The highest BCUT2D eigenvalue weighted by Gasteiger charge is 2.53. The van der Waals surface area contributed by atoms with Crippen molar-refractivity contribution < 1.29 is 14.6 Å². The number of fused-ring (bicyclic) bond motifs is 3. The van der Waals surface area contributed by atoms with Crippen LogP contribution in [0.1, 0.15) is 73.6 Å². The zero-order valence-corrected chi connectivity index (χ0v) is 17.4. The van der Waals surface area contributed by atoms with Crippen molar-refractivity contribution in [3.63, 3.8) is 0 Å². The van der Waals surface area contributed by atoms with Crippen LogP contribution >= 0.6 is 0 Å². The van der Waals surface area contributed by atoms with Gasteiger partial charge in [0.1, 0.15) is 0 Å². The average molecular weight is 361 g/mol. The van der Waals surface area contributed by atoms with Crippen molar-refractivity contribution in [1.82, 2.24) is 0 Å². The number of hydrogen-bond acceptors (Lipinski definition) is 3. The molecule has 0 bridgehead atoms. The average Bonchev–Trinajstić information content (AvgIpc) is 2.72. The van der Waals surface area contributed by atoms with Gasteiger partial charge in [-0.3, -0.25) is 0 Å². The molecule has 3 aliphatic carbocycles. The summed E-state index contributed by atoms with van der Waals surface area (Å²) in [5.74, 6) is 0.664. The Bertz CT molecular complexity index is 658. The third-order valence-corrected chi connectivity index (χ3v) is 7.96. The predicted molar refractivity (Wildman–Crippen MR) is 104 cm³/mol. The fourth-order valence-corrected chi connectivity index (χ4v) is 6.29. The lowest BCUT2D eigenvalue weighted by molar-refractivity contribution is -0.255. The van der Waals surface area contributed by atoms with Crippen LogP contribution in [0, 0.1) is 22.7 Å². The van der Waals surface area contributed by atoms with Crippen LogP contribution in [0.4, 0.5) is 0 Å². The van der Waals surface area contributed by atoms with Crippen LogP contribution in [0.25, 0.3) is 0 Å². The SMILES string of the molecule is CC(C)[C@H]1C[C@H](O)C2=CC3=C4COC(C)(C)O[C@@H]4CC[C@@]3(C)CC[C@@]21C. The van der Waals surface area contributed by atoms with Gasteiger partial charge < -0.3 is 14.6 Å². The Morgan fingerprint density at radius 1 is 1.12 bits per heavy atom. The van der Waals surface area contributed by atoms with E-state index in [1.807, 2.05) is 13.8 Å². The summed E-state index contributed by atoms with van der Waals surface area (Å²) in [6.45, 7) is 14.1. The summed E-state index contributed by atoms with van der Waals surface area (Å²) in [7, 11) is 0. The Morgan fingerprint density at radius 2 is 1.85 bits per heavy atom. The van der Waals surface area contributed by atoms with E-state index in [9.17, 15) is 5.11 Å². The Hall–Kier alpha value is -0.640. The molecular formula is C23H36O3. The summed E-state index contributed by atoms with van der Waals surface area (Å²) in [5, 5.41) is 10.9. The number of aliphatic hydroxyl groups is 1. The van der Waals surface area contributed by atoms with Crippen LogP contribution in [0.2, 0.25) is 0 Å². The van der Waals surface area contributed by atoms with Gasteiger partial charge >= 0.3 is 0 Å². The molecule has 0 radical (unpaired) electrons. The van der Waals surface area contributed by atoms with E-state index in [1.165, 1.54) is 29.6 Å². The minimum atomic E-state index is -0.496. The minimum absolute atomic E-state index is 0.118. The topological polar surface area (TPSA) is 38.7 Å². The molecule has 0 aromatic heterocycles. The van der Waals surface area contributed by atoms with Crippen molar-refractivity contribution >= 4 is 0 Å². The van der Waals surface area contributed by atoms with Gasteiger partial charge in [0.2, 0.25) is 0 Å². The monoisotopic (exact) mass is 360 g/mol. The molecule has 1 heterocycles. The number of hydrogen-bond donors (Lipinski definition) is 1. The number of ether oxygens (including phenoxy) is 2. The lowest BCUT2D eigenvalue weighted by atomic mass is 9.65. The third-order valence-electron chi connectivity index (χ3n) is 7.96. The number of allylic oxidation sites excluding steroid dienone is 2. The highest BCUT2D eigenvalue weighted by Crippen LogP contribution is 2.60. The highest BCUT2D eigenvalue weighted by atomic mass is 16.7. The van der Waals surface area contributed by atoms with Crippen LogP contribution < -0.4 is 0 Å². The zero-order valence-electron chi connectivity index (χ0n) is 17.4. The molecule has 1 aliphatic heterocycles. The van der Waals surface area contributed by atoms with Gasteiger partial charge in [-0.05, 0) is 85.3 Å². The van der Waals surface area contributed by atoms with E-state index in [-0.39, 0.29) is 23.0 Å². The van der Waals surface area contributed by atoms with Gasteiger partial charge in [0.15, 0.2) is 5.79 Å². The third kappa shape index (κ3) is 2.73. The van der Waals surface area contributed by atoms with E-state index in [1.54, 1.807) is 0 Å². The molecular weight excluding hydrogens is 324 g/mol. The van der Waals surface area contributed by atoms with E-state index >= 15 is 0 Å². The molecule has 146 valence electrons. The van der Waals surface area contributed by atoms with Gasteiger partial charge in [0.05, 0.1) is 18.8 Å². The molecule has 1 N–H and O–H groups in total. The van der Waals surface area contributed by atoms with Crippen molar-refractivity contribution in [2.45, 2.75) is 91.6 Å². The van der Waals surface area contributed by atoms with Crippen molar-refractivity contribution in [2.24, 2.45) is 22.7 Å². The fourth-order valence-electron chi connectivity index (χ4n) is 6.29.